The Bertz CT molecular complexity index is 1110. The highest BCUT2D eigenvalue weighted by Gasteiger charge is 2.14. The largest absolute Gasteiger partial charge is 0.457 e. The van der Waals surface area contributed by atoms with Crippen molar-refractivity contribution in [2.75, 3.05) is 5.32 Å². The summed E-state index contributed by atoms with van der Waals surface area (Å²) in [5.41, 5.74) is 1.77. The number of non-ortho nitro benzene ring substituents is 1. The number of aryl methyl sites for hydroxylation is 1. The lowest BCUT2D eigenvalue weighted by Crippen LogP contribution is -2.13. The Morgan fingerprint density at radius 2 is 1.93 bits per heavy atom. The van der Waals surface area contributed by atoms with E-state index in [1.807, 2.05) is 19.1 Å². The molecule has 3 aromatic rings. The molecule has 7 nitrogen and oxygen atoms in total. The molecule has 0 unspecified atom stereocenters. The van der Waals surface area contributed by atoms with Gasteiger partial charge in [-0.25, -0.2) is 0 Å². The fraction of sp³-hybridized carbons (Fsp3) is 0.0476. The van der Waals surface area contributed by atoms with Crippen molar-refractivity contribution in [1.82, 2.24) is 0 Å². The minimum absolute atomic E-state index is 0.0472. The van der Waals surface area contributed by atoms with Gasteiger partial charge in [-0.15, -0.1) is 0 Å². The van der Waals surface area contributed by atoms with Crippen LogP contribution in [0.5, 0.6) is 0 Å². The Hall–Kier alpha value is -4.18. The number of carbonyl (C=O) groups is 1. The summed E-state index contributed by atoms with van der Waals surface area (Å²) in [6.45, 7) is 1.81. The predicted molar refractivity (Wildman–Crippen MR) is 104 cm³/mol. The van der Waals surface area contributed by atoms with Crippen molar-refractivity contribution in [1.29, 1.82) is 5.26 Å². The van der Waals surface area contributed by atoms with Crippen LogP contribution in [0, 0.1) is 28.4 Å². The Morgan fingerprint density at radius 3 is 2.61 bits per heavy atom. The molecule has 0 bridgehead atoms. The van der Waals surface area contributed by atoms with Gasteiger partial charge in [-0.1, -0.05) is 24.3 Å². The van der Waals surface area contributed by atoms with Gasteiger partial charge < -0.3 is 9.73 Å². The summed E-state index contributed by atoms with van der Waals surface area (Å²) in [6.07, 6.45) is 1.33. The van der Waals surface area contributed by atoms with Crippen LogP contribution in [0.1, 0.15) is 11.3 Å². The molecule has 0 aliphatic carbocycles. The number of amides is 1. The Morgan fingerprint density at radius 1 is 1.18 bits per heavy atom. The fourth-order valence-corrected chi connectivity index (χ4v) is 2.57. The third-order valence-corrected chi connectivity index (χ3v) is 4.01. The summed E-state index contributed by atoms with van der Waals surface area (Å²) < 4.78 is 5.69. The smallest absolute Gasteiger partial charge is 0.270 e. The number of anilines is 1. The number of nitrogens with one attached hydrogen (secondary N) is 1. The molecular weight excluding hydrogens is 358 g/mol. The minimum atomic E-state index is -0.557. The quantitative estimate of drug-likeness (QED) is 0.301. The standard InChI is InChI=1S/C21H15N3O4/c1-14-7-8-17(24(26)27)12-19(14)20-10-9-18(28-20)11-15(13-22)21(25)23-16-5-3-2-4-6-16/h2-12H,1H3,(H,23,25). The van der Waals surface area contributed by atoms with Crippen LogP contribution in [0.25, 0.3) is 17.4 Å². The third-order valence-electron chi connectivity index (χ3n) is 4.01. The maximum absolute atomic E-state index is 12.3. The van der Waals surface area contributed by atoms with Crippen LogP contribution in [-0.2, 0) is 4.79 Å². The summed E-state index contributed by atoms with van der Waals surface area (Å²) in [7, 11) is 0. The second kappa shape index (κ2) is 8.01. The Balaban J connectivity index is 1.87. The van der Waals surface area contributed by atoms with Crippen LogP contribution in [0.15, 0.2) is 70.7 Å². The lowest BCUT2D eigenvalue weighted by Gasteiger charge is -2.03. The lowest BCUT2D eigenvalue weighted by molar-refractivity contribution is -0.384. The van der Waals surface area contributed by atoms with Crippen molar-refractivity contribution in [3.05, 3.63) is 87.7 Å². The van der Waals surface area contributed by atoms with E-state index in [2.05, 4.69) is 5.32 Å². The highest BCUT2D eigenvalue weighted by atomic mass is 16.6. The van der Waals surface area contributed by atoms with Gasteiger partial charge >= 0.3 is 0 Å². The molecule has 1 N–H and O–H groups in total. The summed E-state index contributed by atoms with van der Waals surface area (Å²) >= 11 is 0. The number of hydrogen-bond acceptors (Lipinski definition) is 5. The summed E-state index contributed by atoms with van der Waals surface area (Å²) in [5.74, 6) is 0.145. The van der Waals surface area contributed by atoms with Crippen LogP contribution in [0.3, 0.4) is 0 Å². The number of benzene rings is 2. The van der Waals surface area contributed by atoms with E-state index in [0.29, 0.717) is 22.8 Å². The highest BCUT2D eigenvalue weighted by Crippen LogP contribution is 2.29. The molecule has 2 aromatic carbocycles. The number of nitrogens with zero attached hydrogens (tertiary/aromatic N) is 2. The molecule has 1 amide bonds. The van der Waals surface area contributed by atoms with Crippen LogP contribution < -0.4 is 5.32 Å². The summed E-state index contributed by atoms with van der Waals surface area (Å²) in [4.78, 5) is 22.8. The maximum Gasteiger partial charge on any atom is 0.270 e. The van der Waals surface area contributed by atoms with Crippen LogP contribution in [0.4, 0.5) is 11.4 Å². The van der Waals surface area contributed by atoms with E-state index in [1.165, 1.54) is 18.2 Å². The van der Waals surface area contributed by atoms with Crippen molar-refractivity contribution >= 4 is 23.4 Å². The second-order valence-electron chi connectivity index (χ2n) is 5.95. The number of rotatable bonds is 5. The normalized spacial score (nSPS) is 10.9. The van der Waals surface area contributed by atoms with E-state index in [0.717, 1.165) is 5.56 Å². The van der Waals surface area contributed by atoms with Gasteiger partial charge in [0.05, 0.1) is 4.92 Å². The van der Waals surface area contributed by atoms with Crippen molar-refractivity contribution in [2.45, 2.75) is 6.92 Å². The van der Waals surface area contributed by atoms with Gasteiger partial charge in [-0.3, -0.25) is 14.9 Å². The van der Waals surface area contributed by atoms with Gasteiger partial charge in [-0.05, 0) is 36.8 Å². The summed E-state index contributed by atoms with van der Waals surface area (Å²) in [6, 6.07) is 18.4. The zero-order chi connectivity index (χ0) is 20.1. The molecule has 28 heavy (non-hydrogen) atoms. The number of furan rings is 1. The first kappa shape index (κ1) is 18.6. The van der Waals surface area contributed by atoms with Crippen molar-refractivity contribution in [2.24, 2.45) is 0 Å². The van der Waals surface area contributed by atoms with E-state index >= 15 is 0 Å². The SMILES string of the molecule is Cc1ccc([N+](=O)[O-])cc1-c1ccc(C=C(C#N)C(=O)Nc2ccccc2)o1. The topological polar surface area (TPSA) is 109 Å². The van der Waals surface area contributed by atoms with E-state index in [1.54, 1.807) is 42.5 Å². The number of nitriles is 1. The molecule has 0 radical (unpaired) electrons. The molecule has 7 heteroatoms. The van der Waals surface area contributed by atoms with Gasteiger partial charge in [0.1, 0.15) is 23.2 Å². The number of nitro groups is 1. The van der Waals surface area contributed by atoms with E-state index in [-0.39, 0.29) is 11.3 Å². The molecule has 0 saturated carbocycles. The molecule has 1 heterocycles. The maximum atomic E-state index is 12.3. The van der Waals surface area contributed by atoms with Crippen LogP contribution >= 0.6 is 0 Å². The number of nitro benzene ring substituents is 1. The molecule has 138 valence electrons. The average Bonchev–Trinajstić information content (AvgIpc) is 3.15. The van der Waals surface area contributed by atoms with Gasteiger partial charge in [0.2, 0.25) is 0 Å². The zero-order valence-electron chi connectivity index (χ0n) is 14.9. The molecule has 3 rings (SSSR count). The molecule has 0 saturated heterocycles. The van der Waals surface area contributed by atoms with E-state index in [9.17, 15) is 20.2 Å². The molecule has 0 aliphatic heterocycles. The molecular formula is C21H15N3O4. The van der Waals surface area contributed by atoms with E-state index in [4.69, 9.17) is 4.42 Å². The lowest BCUT2D eigenvalue weighted by atomic mass is 10.1. The number of carbonyl (C=O) groups excluding carboxylic acids is 1. The van der Waals surface area contributed by atoms with Crippen molar-refractivity contribution in [3.8, 4) is 17.4 Å². The molecule has 0 spiro atoms. The Kier molecular flexibility index (Phi) is 5.33. The first-order valence-corrected chi connectivity index (χ1v) is 8.31. The molecule has 0 fully saturated rings. The van der Waals surface area contributed by atoms with Crippen LogP contribution in [0.2, 0.25) is 0 Å². The van der Waals surface area contributed by atoms with Gasteiger partial charge in [-0.2, -0.15) is 5.26 Å². The van der Waals surface area contributed by atoms with Gasteiger partial charge in [0.15, 0.2) is 0 Å². The average molecular weight is 373 g/mol. The van der Waals surface area contributed by atoms with E-state index < -0.39 is 10.8 Å². The van der Waals surface area contributed by atoms with Crippen molar-refractivity contribution < 1.29 is 14.1 Å². The minimum Gasteiger partial charge on any atom is -0.457 e. The van der Waals surface area contributed by atoms with Gasteiger partial charge in [0.25, 0.3) is 11.6 Å². The third kappa shape index (κ3) is 4.14. The second-order valence-corrected chi connectivity index (χ2v) is 5.95. The van der Waals surface area contributed by atoms with Crippen LogP contribution in [-0.4, -0.2) is 10.8 Å². The first-order chi connectivity index (χ1) is 13.5. The molecule has 1 aromatic heterocycles. The Labute approximate surface area is 160 Å². The van der Waals surface area contributed by atoms with Crippen molar-refractivity contribution in [3.63, 3.8) is 0 Å². The number of hydrogen-bond donors (Lipinski definition) is 1. The first-order valence-electron chi connectivity index (χ1n) is 8.31. The highest BCUT2D eigenvalue weighted by molar-refractivity contribution is 6.09. The van der Waals surface area contributed by atoms with Gasteiger partial charge in [0, 0.05) is 29.5 Å². The monoisotopic (exact) mass is 373 g/mol. The molecule has 0 aliphatic rings. The predicted octanol–water partition coefficient (Wildman–Crippen LogP) is 4.71. The summed E-state index contributed by atoms with van der Waals surface area (Å²) in [5, 5.41) is 22.9. The number of para-hydroxylation sites is 1. The molecule has 0 atom stereocenters. The zero-order valence-corrected chi connectivity index (χ0v) is 14.9. The fourth-order valence-electron chi connectivity index (χ4n) is 2.57.